The van der Waals surface area contributed by atoms with E-state index in [9.17, 15) is 4.21 Å². The van der Waals surface area contributed by atoms with Crippen molar-refractivity contribution in [2.45, 2.75) is 11.8 Å². The normalized spacial score (nSPS) is 12.0. The molecule has 0 saturated carbocycles. The number of hydrogen-bond donors (Lipinski definition) is 1. The van der Waals surface area contributed by atoms with Gasteiger partial charge in [0, 0.05) is 10.6 Å². The van der Waals surface area contributed by atoms with E-state index in [1.807, 2.05) is 6.07 Å². The molecule has 0 heterocycles. The molecule has 1 unspecified atom stereocenters. The van der Waals surface area contributed by atoms with Gasteiger partial charge in [0.15, 0.2) is 0 Å². The predicted octanol–water partition coefficient (Wildman–Crippen LogP) is 1.21. The molecule has 0 aliphatic carbocycles. The molecular weight excluding hydrogens is 184 g/mol. The lowest BCUT2D eigenvalue weighted by atomic mass is 10.2. The van der Waals surface area contributed by atoms with Crippen molar-refractivity contribution in [1.29, 1.82) is 5.26 Å². The van der Waals surface area contributed by atoms with E-state index in [2.05, 4.69) is 0 Å². The van der Waals surface area contributed by atoms with Crippen molar-refractivity contribution in [1.82, 2.24) is 0 Å². The number of nitriles is 1. The van der Waals surface area contributed by atoms with Crippen molar-refractivity contribution >= 4 is 16.5 Å². The minimum atomic E-state index is -1.25. The van der Waals surface area contributed by atoms with Crippen LogP contribution in [0.25, 0.3) is 0 Å². The number of rotatable bonds is 2. The third-order valence-corrected chi connectivity index (χ3v) is 3.09. The molecule has 0 spiro atoms. The van der Waals surface area contributed by atoms with Gasteiger partial charge in [-0.15, -0.1) is 0 Å². The first kappa shape index (κ1) is 9.75. The summed E-state index contributed by atoms with van der Waals surface area (Å²) in [5.41, 5.74) is 7.05. The molecule has 0 bridgehead atoms. The Morgan fingerprint density at radius 1 is 1.62 bits per heavy atom. The Hall–Kier alpha value is -1.34. The van der Waals surface area contributed by atoms with E-state index in [1.165, 1.54) is 0 Å². The van der Waals surface area contributed by atoms with Gasteiger partial charge < -0.3 is 5.73 Å². The van der Waals surface area contributed by atoms with Crippen LogP contribution < -0.4 is 5.73 Å². The molecule has 0 aromatic heterocycles. The Balaban J connectivity index is 3.09. The molecule has 1 aromatic rings. The first-order valence-electron chi connectivity index (χ1n) is 3.77. The maximum Gasteiger partial charge on any atom is 0.115 e. The molecule has 1 atom stereocenters. The number of anilines is 1. The molecule has 0 radical (unpaired) electrons. The highest BCUT2D eigenvalue weighted by molar-refractivity contribution is 7.85. The van der Waals surface area contributed by atoms with Crippen LogP contribution >= 0.6 is 0 Å². The summed E-state index contributed by atoms with van der Waals surface area (Å²) in [6.45, 7) is 1.81. The van der Waals surface area contributed by atoms with Crippen molar-refractivity contribution in [3.05, 3.63) is 23.8 Å². The molecule has 0 fully saturated rings. The fourth-order valence-electron chi connectivity index (χ4n) is 1.01. The zero-order valence-electron chi connectivity index (χ0n) is 7.28. The van der Waals surface area contributed by atoms with Crippen LogP contribution in [0.4, 0.5) is 5.69 Å². The van der Waals surface area contributed by atoms with Gasteiger partial charge in [-0.3, -0.25) is 4.21 Å². The highest BCUT2D eigenvalue weighted by Crippen LogP contribution is 2.18. The summed E-state index contributed by atoms with van der Waals surface area (Å²) in [5.74, 6) is 0.0181. The van der Waals surface area contributed by atoms with Crippen molar-refractivity contribution in [2.24, 2.45) is 0 Å². The van der Waals surface area contributed by atoms with Crippen molar-refractivity contribution in [3.8, 4) is 6.07 Å². The van der Waals surface area contributed by atoms with Crippen LogP contribution in [0.15, 0.2) is 23.1 Å². The lowest BCUT2D eigenvalue weighted by Gasteiger charge is -2.05. The lowest BCUT2D eigenvalue weighted by molar-refractivity contribution is 0.685. The number of nitrogens with two attached hydrogens (primary N) is 1. The van der Waals surface area contributed by atoms with E-state index in [0.29, 0.717) is 10.6 Å². The second kappa shape index (κ2) is 4.06. The second-order valence-electron chi connectivity index (χ2n) is 2.62. The van der Waals surface area contributed by atoms with Crippen molar-refractivity contribution in [2.75, 3.05) is 11.5 Å². The first-order valence-corrected chi connectivity index (χ1v) is 5.09. The van der Waals surface area contributed by atoms with Crippen LogP contribution in [-0.2, 0) is 10.8 Å². The minimum absolute atomic E-state index is 0.0181. The molecule has 13 heavy (non-hydrogen) atoms. The Labute approximate surface area is 79.6 Å². The van der Waals surface area contributed by atoms with Gasteiger partial charge in [-0.25, -0.2) is 0 Å². The van der Waals surface area contributed by atoms with E-state index in [4.69, 9.17) is 11.0 Å². The third-order valence-electron chi connectivity index (χ3n) is 1.77. The quantitative estimate of drug-likeness (QED) is 0.719. The summed E-state index contributed by atoms with van der Waals surface area (Å²) in [5, 5.41) is 8.38. The number of hydrogen-bond acceptors (Lipinski definition) is 3. The van der Waals surface area contributed by atoms with Gasteiger partial charge in [-0.05, 0) is 24.6 Å². The van der Waals surface area contributed by atoms with Crippen LogP contribution in [-0.4, -0.2) is 9.96 Å². The van der Waals surface area contributed by atoms with E-state index < -0.39 is 10.8 Å². The van der Waals surface area contributed by atoms with Gasteiger partial charge >= 0.3 is 0 Å². The molecule has 0 saturated heterocycles. The van der Waals surface area contributed by atoms with Gasteiger partial charge in [0.1, 0.15) is 5.75 Å². The summed E-state index contributed by atoms with van der Waals surface area (Å²) < 4.78 is 11.5. The molecule has 1 rings (SSSR count). The molecule has 0 aliphatic rings. The van der Waals surface area contributed by atoms with Crippen molar-refractivity contribution in [3.63, 3.8) is 0 Å². The summed E-state index contributed by atoms with van der Waals surface area (Å²) in [7, 11) is -1.25. The Kier molecular flexibility index (Phi) is 3.04. The van der Waals surface area contributed by atoms with Gasteiger partial charge in [0.05, 0.1) is 16.9 Å². The van der Waals surface area contributed by atoms with E-state index in [1.54, 1.807) is 25.1 Å². The molecule has 3 nitrogen and oxygen atoms in total. The fraction of sp³-hybridized carbons (Fsp3) is 0.222. The predicted molar refractivity (Wildman–Crippen MR) is 52.5 cm³/mol. The average Bonchev–Trinajstić information content (AvgIpc) is 2.10. The lowest BCUT2D eigenvalue weighted by Crippen LogP contribution is -2.00. The summed E-state index contributed by atoms with van der Waals surface area (Å²) >= 11 is 0. The van der Waals surface area contributed by atoms with E-state index in [-0.39, 0.29) is 5.75 Å². The molecule has 1 aromatic carbocycles. The summed E-state index contributed by atoms with van der Waals surface area (Å²) in [6.07, 6.45) is 0. The van der Waals surface area contributed by atoms with Crippen LogP contribution in [0.3, 0.4) is 0 Å². The maximum atomic E-state index is 11.5. The van der Waals surface area contributed by atoms with Crippen LogP contribution in [0.2, 0.25) is 0 Å². The van der Waals surface area contributed by atoms with Gasteiger partial charge in [-0.1, -0.05) is 6.07 Å². The first-order chi connectivity index (χ1) is 6.16. The van der Waals surface area contributed by atoms with E-state index in [0.717, 1.165) is 5.56 Å². The second-order valence-corrected chi connectivity index (χ2v) is 4.04. The third kappa shape index (κ3) is 2.07. The topological polar surface area (TPSA) is 66.9 Å². The molecular formula is C9H10N2OS. The molecule has 68 valence electrons. The Morgan fingerprint density at radius 2 is 2.31 bits per heavy atom. The SMILES string of the molecule is Cc1c(N)cccc1S(=O)CC#N. The fourth-order valence-corrected chi connectivity index (χ4v) is 1.98. The highest BCUT2D eigenvalue weighted by Gasteiger charge is 2.07. The van der Waals surface area contributed by atoms with Crippen LogP contribution in [0, 0.1) is 18.3 Å². The van der Waals surface area contributed by atoms with Gasteiger partial charge in [0.25, 0.3) is 0 Å². The molecule has 2 N–H and O–H groups in total. The zero-order chi connectivity index (χ0) is 9.84. The molecule has 4 heteroatoms. The number of nitrogen functional groups attached to an aromatic ring is 1. The molecule has 0 amide bonds. The summed E-state index contributed by atoms with van der Waals surface area (Å²) in [4.78, 5) is 0.654. The monoisotopic (exact) mass is 194 g/mol. The largest absolute Gasteiger partial charge is 0.398 e. The highest BCUT2D eigenvalue weighted by atomic mass is 32.2. The smallest absolute Gasteiger partial charge is 0.115 e. The number of benzene rings is 1. The summed E-state index contributed by atoms with van der Waals surface area (Å²) in [6, 6.07) is 7.10. The van der Waals surface area contributed by atoms with Crippen LogP contribution in [0.5, 0.6) is 0 Å². The van der Waals surface area contributed by atoms with Crippen LogP contribution in [0.1, 0.15) is 5.56 Å². The Morgan fingerprint density at radius 3 is 2.92 bits per heavy atom. The van der Waals surface area contributed by atoms with E-state index >= 15 is 0 Å². The standard InChI is InChI=1S/C9H10N2OS/c1-7-8(11)3-2-4-9(7)13(12)6-5-10/h2-4H,6,11H2,1H3. The number of nitrogens with zero attached hydrogens (tertiary/aromatic N) is 1. The van der Waals surface area contributed by atoms with Crippen molar-refractivity contribution < 1.29 is 4.21 Å². The van der Waals surface area contributed by atoms with Gasteiger partial charge in [0.2, 0.25) is 0 Å². The zero-order valence-corrected chi connectivity index (χ0v) is 8.10. The minimum Gasteiger partial charge on any atom is -0.398 e. The Bertz CT molecular complexity index is 382. The van der Waals surface area contributed by atoms with Gasteiger partial charge in [-0.2, -0.15) is 5.26 Å². The molecule has 0 aliphatic heterocycles. The average molecular weight is 194 g/mol. The maximum absolute atomic E-state index is 11.5.